The van der Waals surface area contributed by atoms with Crippen molar-refractivity contribution >= 4 is 17.6 Å². The molecule has 1 aromatic rings. The summed E-state index contributed by atoms with van der Waals surface area (Å²) in [6.45, 7) is 5.16. The molecule has 1 atom stereocenters. The highest BCUT2D eigenvalue weighted by atomic mass is 16.4. The van der Waals surface area contributed by atoms with Crippen LogP contribution in [-0.4, -0.2) is 36.1 Å². The molecule has 19 heavy (non-hydrogen) atoms. The lowest BCUT2D eigenvalue weighted by Gasteiger charge is -2.37. The Morgan fingerprint density at radius 1 is 1.47 bits per heavy atom. The first kappa shape index (κ1) is 13.4. The highest BCUT2D eigenvalue weighted by Crippen LogP contribution is 2.25. The van der Waals surface area contributed by atoms with Crippen molar-refractivity contribution in [1.29, 1.82) is 0 Å². The predicted molar refractivity (Wildman–Crippen MR) is 72.3 cm³/mol. The van der Waals surface area contributed by atoms with Crippen molar-refractivity contribution in [3.05, 3.63) is 29.3 Å². The SMILES string of the molecule is Cc1ccc(N2CCNC(=O)C2CC(=O)O)c(C)c1. The van der Waals surface area contributed by atoms with Gasteiger partial charge >= 0.3 is 5.97 Å². The predicted octanol–water partition coefficient (Wildman–Crippen LogP) is 1.08. The third-order valence-corrected chi connectivity index (χ3v) is 3.36. The van der Waals surface area contributed by atoms with Crippen LogP contribution in [0.25, 0.3) is 0 Å². The second kappa shape index (κ2) is 5.30. The van der Waals surface area contributed by atoms with Crippen molar-refractivity contribution in [1.82, 2.24) is 5.32 Å². The highest BCUT2D eigenvalue weighted by Gasteiger charge is 2.32. The zero-order valence-electron chi connectivity index (χ0n) is 11.1. The molecule has 0 aromatic heterocycles. The molecule has 2 N–H and O–H groups in total. The first-order valence-electron chi connectivity index (χ1n) is 6.32. The van der Waals surface area contributed by atoms with Crippen molar-refractivity contribution in [2.75, 3.05) is 18.0 Å². The summed E-state index contributed by atoms with van der Waals surface area (Å²) in [7, 11) is 0. The number of amides is 1. The number of benzene rings is 1. The minimum Gasteiger partial charge on any atom is -0.481 e. The normalized spacial score (nSPS) is 19.2. The van der Waals surface area contributed by atoms with Crippen molar-refractivity contribution in [3.63, 3.8) is 0 Å². The molecule has 2 rings (SSSR count). The number of aryl methyl sites for hydroxylation is 2. The summed E-state index contributed by atoms with van der Waals surface area (Å²) in [6, 6.07) is 5.34. The molecule has 0 bridgehead atoms. The van der Waals surface area contributed by atoms with Crippen molar-refractivity contribution < 1.29 is 14.7 Å². The number of nitrogens with zero attached hydrogens (tertiary/aromatic N) is 1. The fraction of sp³-hybridized carbons (Fsp3) is 0.429. The van der Waals surface area contributed by atoms with Gasteiger partial charge < -0.3 is 15.3 Å². The zero-order valence-corrected chi connectivity index (χ0v) is 11.1. The number of hydrogen-bond donors (Lipinski definition) is 2. The smallest absolute Gasteiger partial charge is 0.305 e. The maximum atomic E-state index is 11.9. The Morgan fingerprint density at radius 3 is 2.84 bits per heavy atom. The molecule has 1 unspecified atom stereocenters. The Morgan fingerprint density at radius 2 is 2.21 bits per heavy atom. The quantitative estimate of drug-likeness (QED) is 0.855. The van der Waals surface area contributed by atoms with E-state index in [1.807, 2.05) is 36.9 Å². The van der Waals surface area contributed by atoms with Gasteiger partial charge in [-0.1, -0.05) is 17.7 Å². The van der Waals surface area contributed by atoms with Gasteiger partial charge in [0.15, 0.2) is 0 Å². The van der Waals surface area contributed by atoms with Crippen LogP contribution in [0.4, 0.5) is 5.69 Å². The van der Waals surface area contributed by atoms with E-state index in [0.29, 0.717) is 13.1 Å². The van der Waals surface area contributed by atoms with Crippen molar-refractivity contribution in [3.8, 4) is 0 Å². The van der Waals surface area contributed by atoms with Gasteiger partial charge in [0, 0.05) is 18.8 Å². The number of piperazine rings is 1. The molecule has 1 fully saturated rings. The van der Waals surface area contributed by atoms with Gasteiger partial charge in [-0.25, -0.2) is 0 Å². The molecule has 1 aliphatic rings. The maximum Gasteiger partial charge on any atom is 0.305 e. The summed E-state index contributed by atoms with van der Waals surface area (Å²) in [5.41, 5.74) is 3.15. The second-order valence-corrected chi connectivity index (χ2v) is 4.89. The number of aliphatic carboxylic acids is 1. The van der Waals surface area contributed by atoms with Crippen LogP contribution in [0.15, 0.2) is 18.2 Å². The van der Waals surface area contributed by atoms with Crippen LogP contribution in [0, 0.1) is 13.8 Å². The average Bonchev–Trinajstić information content (AvgIpc) is 2.32. The molecule has 1 heterocycles. The first-order chi connectivity index (χ1) is 8.99. The van der Waals surface area contributed by atoms with E-state index in [9.17, 15) is 9.59 Å². The van der Waals surface area contributed by atoms with E-state index in [0.717, 1.165) is 16.8 Å². The molecular formula is C14H18N2O3. The van der Waals surface area contributed by atoms with E-state index in [1.54, 1.807) is 0 Å². The van der Waals surface area contributed by atoms with E-state index < -0.39 is 12.0 Å². The third kappa shape index (κ3) is 2.86. The summed E-state index contributed by atoms with van der Waals surface area (Å²) in [5, 5.41) is 11.7. The molecular weight excluding hydrogens is 244 g/mol. The topological polar surface area (TPSA) is 69.6 Å². The highest BCUT2D eigenvalue weighted by molar-refractivity contribution is 5.90. The van der Waals surface area contributed by atoms with Crippen LogP contribution in [0.2, 0.25) is 0 Å². The lowest BCUT2D eigenvalue weighted by Crippen LogP contribution is -2.56. The number of rotatable bonds is 3. The molecule has 1 aliphatic heterocycles. The number of anilines is 1. The lowest BCUT2D eigenvalue weighted by molar-refractivity contribution is -0.139. The molecule has 0 spiro atoms. The second-order valence-electron chi connectivity index (χ2n) is 4.89. The molecule has 0 radical (unpaired) electrons. The van der Waals surface area contributed by atoms with Crippen LogP contribution in [0.3, 0.4) is 0 Å². The van der Waals surface area contributed by atoms with E-state index in [2.05, 4.69) is 5.32 Å². The van der Waals surface area contributed by atoms with Crippen LogP contribution < -0.4 is 10.2 Å². The van der Waals surface area contributed by atoms with E-state index in [-0.39, 0.29) is 12.3 Å². The Balaban J connectivity index is 2.33. The van der Waals surface area contributed by atoms with Gasteiger partial charge in [0.1, 0.15) is 6.04 Å². The first-order valence-corrected chi connectivity index (χ1v) is 6.32. The average molecular weight is 262 g/mol. The number of carboxylic acid groups (broad SMARTS) is 1. The van der Waals surface area contributed by atoms with Gasteiger partial charge in [-0.3, -0.25) is 9.59 Å². The maximum absolute atomic E-state index is 11.9. The van der Waals surface area contributed by atoms with Gasteiger partial charge in [0.05, 0.1) is 6.42 Å². The van der Waals surface area contributed by atoms with E-state index in [1.165, 1.54) is 0 Å². The van der Waals surface area contributed by atoms with Gasteiger partial charge in [-0.2, -0.15) is 0 Å². The molecule has 5 nitrogen and oxygen atoms in total. The van der Waals surface area contributed by atoms with E-state index >= 15 is 0 Å². The van der Waals surface area contributed by atoms with Gasteiger partial charge in [-0.15, -0.1) is 0 Å². The minimum absolute atomic E-state index is 0.181. The van der Waals surface area contributed by atoms with E-state index in [4.69, 9.17) is 5.11 Å². The fourth-order valence-corrected chi connectivity index (χ4v) is 2.50. The number of carbonyl (C=O) groups is 2. The summed E-state index contributed by atoms with van der Waals surface area (Å²) < 4.78 is 0. The van der Waals surface area contributed by atoms with Gasteiger partial charge in [-0.05, 0) is 25.5 Å². The van der Waals surface area contributed by atoms with Gasteiger partial charge in [0.25, 0.3) is 0 Å². The molecule has 1 amide bonds. The third-order valence-electron chi connectivity index (χ3n) is 3.36. The lowest BCUT2D eigenvalue weighted by atomic mass is 10.0. The Hall–Kier alpha value is -2.04. The summed E-state index contributed by atoms with van der Waals surface area (Å²) in [5.74, 6) is -1.18. The summed E-state index contributed by atoms with van der Waals surface area (Å²) >= 11 is 0. The monoisotopic (exact) mass is 262 g/mol. The number of hydrogen-bond acceptors (Lipinski definition) is 3. The molecule has 0 saturated carbocycles. The Bertz CT molecular complexity index is 513. The molecule has 0 aliphatic carbocycles. The zero-order chi connectivity index (χ0) is 14.0. The molecule has 102 valence electrons. The summed E-state index contributed by atoms with van der Waals surface area (Å²) in [4.78, 5) is 24.7. The van der Waals surface area contributed by atoms with Crippen LogP contribution in [-0.2, 0) is 9.59 Å². The van der Waals surface area contributed by atoms with Crippen molar-refractivity contribution in [2.24, 2.45) is 0 Å². The van der Waals surface area contributed by atoms with Crippen molar-refractivity contribution in [2.45, 2.75) is 26.3 Å². The number of carboxylic acids is 1. The molecule has 1 aromatic carbocycles. The number of carbonyl (C=O) groups excluding carboxylic acids is 1. The molecule has 5 heteroatoms. The Labute approximate surface area is 112 Å². The Kier molecular flexibility index (Phi) is 3.74. The minimum atomic E-state index is -0.961. The van der Waals surface area contributed by atoms with Gasteiger partial charge in [0.2, 0.25) is 5.91 Å². The number of nitrogens with one attached hydrogen (secondary N) is 1. The largest absolute Gasteiger partial charge is 0.481 e. The molecule has 1 saturated heterocycles. The summed E-state index contributed by atoms with van der Waals surface area (Å²) in [6.07, 6.45) is -0.181. The van der Waals surface area contributed by atoms with Crippen LogP contribution >= 0.6 is 0 Å². The van der Waals surface area contributed by atoms with Crippen LogP contribution in [0.1, 0.15) is 17.5 Å². The fourth-order valence-electron chi connectivity index (χ4n) is 2.50. The standard InChI is InChI=1S/C14H18N2O3/c1-9-3-4-11(10(2)7-9)16-6-5-15-14(19)12(16)8-13(17)18/h3-4,7,12H,5-6,8H2,1-2H3,(H,15,19)(H,17,18). The van der Waals surface area contributed by atoms with Crippen LogP contribution in [0.5, 0.6) is 0 Å².